The minimum atomic E-state index is -0.593. The van der Waals surface area contributed by atoms with E-state index >= 15 is 0 Å². The van der Waals surface area contributed by atoms with E-state index in [1.807, 2.05) is 42.5 Å². The van der Waals surface area contributed by atoms with Crippen LogP contribution in [0.15, 0.2) is 60.7 Å². The summed E-state index contributed by atoms with van der Waals surface area (Å²) in [5.74, 6) is -0.149. The molecule has 2 amide bonds. The highest BCUT2D eigenvalue weighted by Crippen LogP contribution is 2.27. The molecular weight excluding hydrogens is 354 g/mol. The van der Waals surface area contributed by atoms with Crippen molar-refractivity contribution in [3.8, 4) is 5.75 Å². The van der Waals surface area contributed by atoms with Crippen molar-refractivity contribution in [2.24, 2.45) is 0 Å². The topological polar surface area (TPSA) is 72.9 Å². The molecule has 2 aromatic carbocycles. The lowest BCUT2D eigenvalue weighted by Crippen LogP contribution is -2.54. The van der Waals surface area contributed by atoms with Gasteiger partial charge in [-0.2, -0.15) is 0 Å². The van der Waals surface area contributed by atoms with Gasteiger partial charge in [-0.25, -0.2) is 0 Å². The summed E-state index contributed by atoms with van der Waals surface area (Å²) >= 11 is 0. The van der Waals surface area contributed by atoms with E-state index in [9.17, 15) is 14.7 Å². The second-order valence-corrected chi connectivity index (χ2v) is 6.78. The fourth-order valence-corrected chi connectivity index (χ4v) is 3.23. The number of para-hydroxylation sites is 2. The third-order valence-electron chi connectivity index (χ3n) is 4.77. The molecular formula is C22H25N3O3. The van der Waals surface area contributed by atoms with Gasteiger partial charge < -0.3 is 20.2 Å². The molecule has 1 aliphatic heterocycles. The van der Waals surface area contributed by atoms with Crippen LogP contribution in [0, 0.1) is 0 Å². The minimum absolute atomic E-state index is 0.0987. The van der Waals surface area contributed by atoms with Gasteiger partial charge in [-0.05, 0) is 30.7 Å². The Labute approximate surface area is 165 Å². The van der Waals surface area contributed by atoms with Gasteiger partial charge in [0, 0.05) is 32.3 Å². The van der Waals surface area contributed by atoms with Crippen molar-refractivity contribution in [3.63, 3.8) is 0 Å². The SMILES string of the molecule is CC(NC(=O)C=Cc1ccccc1)C(=O)N1CCN(c2ccccc2O)CC1. The molecule has 146 valence electrons. The lowest BCUT2D eigenvalue weighted by atomic mass is 10.2. The zero-order valence-electron chi connectivity index (χ0n) is 15.9. The number of nitrogens with one attached hydrogen (secondary N) is 1. The van der Waals surface area contributed by atoms with Crippen molar-refractivity contribution >= 4 is 23.6 Å². The van der Waals surface area contributed by atoms with Crippen molar-refractivity contribution in [1.82, 2.24) is 10.2 Å². The molecule has 2 N–H and O–H groups in total. The van der Waals surface area contributed by atoms with Crippen LogP contribution in [0.3, 0.4) is 0 Å². The Morgan fingerprint density at radius 2 is 1.64 bits per heavy atom. The van der Waals surface area contributed by atoms with Crippen LogP contribution in [0.4, 0.5) is 5.69 Å². The highest BCUT2D eigenvalue weighted by Gasteiger charge is 2.26. The zero-order valence-corrected chi connectivity index (χ0v) is 15.9. The van der Waals surface area contributed by atoms with Crippen molar-refractivity contribution < 1.29 is 14.7 Å². The molecule has 1 unspecified atom stereocenters. The van der Waals surface area contributed by atoms with Crippen LogP contribution in [0.1, 0.15) is 12.5 Å². The first-order valence-corrected chi connectivity index (χ1v) is 9.40. The Kier molecular flexibility index (Phi) is 6.32. The average molecular weight is 379 g/mol. The van der Waals surface area contributed by atoms with Gasteiger partial charge in [0.2, 0.25) is 11.8 Å². The molecule has 6 heteroatoms. The first kappa shape index (κ1) is 19.5. The van der Waals surface area contributed by atoms with Gasteiger partial charge in [-0.3, -0.25) is 9.59 Å². The van der Waals surface area contributed by atoms with Gasteiger partial charge >= 0.3 is 0 Å². The number of phenolic OH excluding ortho intramolecular Hbond substituents is 1. The van der Waals surface area contributed by atoms with E-state index in [-0.39, 0.29) is 17.6 Å². The van der Waals surface area contributed by atoms with Gasteiger partial charge in [-0.15, -0.1) is 0 Å². The van der Waals surface area contributed by atoms with Gasteiger partial charge in [0.1, 0.15) is 11.8 Å². The quantitative estimate of drug-likeness (QED) is 0.782. The molecule has 2 aromatic rings. The van der Waals surface area contributed by atoms with Crippen LogP contribution in [-0.2, 0) is 9.59 Å². The van der Waals surface area contributed by atoms with Crippen molar-refractivity contribution in [1.29, 1.82) is 0 Å². The van der Waals surface area contributed by atoms with E-state index < -0.39 is 6.04 Å². The third kappa shape index (κ3) is 4.91. The number of anilines is 1. The van der Waals surface area contributed by atoms with E-state index in [2.05, 4.69) is 10.2 Å². The largest absolute Gasteiger partial charge is 0.506 e. The summed E-state index contributed by atoms with van der Waals surface area (Å²) in [7, 11) is 0. The minimum Gasteiger partial charge on any atom is -0.506 e. The van der Waals surface area contributed by atoms with Crippen molar-refractivity contribution in [2.75, 3.05) is 31.1 Å². The smallest absolute Gasteiger partial charge is 0.244 e. The van der Waals surface area contributed by atoms with Crippen LogP contribution in [0.2, 0.25) is 0 Å². The maximum Gasteiger partial charge on any atom is 0.244 e. The standard InChI is InChI=1S/C22H25N3O3/c1-17(23-21(27)12-11-18-7-3-2-4-8-18)22(28)25-15-13-24(14-16-25)19-9-5-6-10-20(19)26/h2-12,17,26H,13-16H2,1H3,(H,23,27). The van der Waals surface area contributed by atoms with E-state index in [1.165, 1.54) is 6.08 Å². The number of hydrogen-bond donors (Lipinski definition) is 2. The molecule has 0 aliphatic carbocycles. The fourth-order valence-electron chi connectivity index (χ4n) is 3.23. The predicted octanol–water partition coefficient (Wildman–Crippen LogP) is 2.26. The number of benzene rings is 2. The van der Waals surface area contributed by atoms with Crippen molar-refractivity contribution in [2.45, 2.75) is 13.0 Å². The summed E-state index contributed by atoms with van der Waals surface area (Å²) in [5.41, 5.74) is 1.71. The Morgan fingerprint density at radius 1 is 1.00 bits per heavy atom. The molecule has 3 rings (SSSR count). The molecule has 0 radical (unpaired) electrons. The molecule has 0 saturated carbocycles. The van der Waals surface area contributed by atoms with Crippen LogP contribution < -0.4 is 10.2 Å². The summed E-state index contributed by atoms with van der Waals surface area (Å²) in [6.45, 7) is 4.07. The first-order valence-electron chi connectivity index (χ1n) is 9.40. The van der Waals surface area contributed by atoms with Crippen LogP contribution >= 0.6 is 0 Å². The Morgan fingerprint density at radius 3 is 2.32 bits per heavy atom. The average Bonchev–Trinajstić information content (AvgIpc) is 2.73. The number of phenols is 1. The maximum absolute atomic E-state index is 12.6. The summed E-state index contributed by atoms with van der Waals surface area (Å²) in [5, 5.41) is 12.7. The predicted molar refractivity (Wildman–Crippen MR) is 110 cm³/mol. The molecule has 1 fully saturated rings. The van der Waals surface area contributed by atoms with E-state index in [0.717, 1.165) is 11.3 Å². The Balaban J connectivity index is 1.50. The number of amides is 2. The number of rotatable bonds is 5. The van der Waals surface area contributed by atoms with Crippen molar-refractivity contribution in [3.05, 3.63) is 66.2 Å². The highest BCUT2D eigenvalue weighted by atomic mass is 16.3. The molecule has 0 aromatic heterocycles. The van der Waals surface area contributed by atoms with E-state index in [0.29, 0.717) is 26.2 Å². The molecule has 1 aliphatic rings. The second kappa shape index (κ2) is 9.08. The summed E-state index contributed by atoms with van der Waals surface area (Å²) in [6, 6.07) is 16.1. The molecule has 6 nitrogen and oxygen atoms in total. The molecule has 0 spiro atoms. The number of hydrogen-bond acceptors (Lipinski definition) is 4. The maximum atomic E-state index is 12.6. The molecule has 1 atom stereocenters. The Hall–Kier alpha value is -3.28. The van der Waals surface area contributed by atoms with E-state index in [1.54, 1.807) is 30.0 Å². The number of carbonyl (C=O) groups is 2. The second-order valence-electron chi connectivity index (χ2n) is 6.78. The molecule has 28 heavy (non-hydrogen) atoms. The van der Waals surface area contributed by atoms with Gasteiger partial charge in [0.05, 0.1) is 5.69 Å². The highest BCUT2D eigenvalue weighted by molar-refractivity contribution is 5.95. The monoisotopic (exact) mass is 379 g/mol. The zero-order chi connectivity index (χ0) is 19.9. The third-order valence-corrected chi connectivity index (χ3v) is 4.77. The number of aromatic hydroxyl groups is 1. The molecule has 1 heterocycles. The lowest BCUT2D eigenvalue weighted by Gasteiger charge is -2.37. The normalized spacial score (nSPS) is 15.5. The summed E-state index contributed by atoms with van der Waals surface area (Å²) in [4.78, 5) is 28.5. The van der Waals surface area contributed by atoms with Crippen LogP contribution in [0.25, 0.3) is 6.08 Å². The first-order chi connectivity index (χ1) is 13.5. The number of nitrogens with zero attached hydrogens (tertiary/aromatic N) is 2. The van der Waals surface area contributed by atoms with Gasteiger partial charge in [0.15, 0.2) is 0 Å². The van der Waals surface area contributed by atoms with Crippen LogP contribution in [-0.4, -0.2) is 54.0 Å². The fraction of sp³-hybridized carbons (Fsp3) is 0.273. The molecule has 1 saturated heterocycles. The van der Waals surface area contributed by atoms with Gasteiger partial charge in [0.25, 0.3) is 0 Å². The molecule has 0 bridgehead atoms. The Bertz CT molecular complexity index is 843. The number of carbonyl (C=O) groups excluding carboxylic acids is 2. The summed E-state index contributed by atoms with van der Waals surface area (Å²) in [6.07, 6.45) is 3.16. The van der Waals surface area contributed by atoms with Crippen LogP contribution in [0.5, 0.6) is 5.75 Å². The number of piperazine rings is 1. The summed E-state index contributed by atoms with van der Waals surface area (Å²) < 4.78 is 0. The lowest BCUT2D eigenvalue weighted by molar-refractivity contribution is -0.135. The van der Waals surface area contributed by atoms with Gasteiger partial charge in [-0.1, -0.05) is 42.5 Å². The van der Waals surface area contributed by atoms with E-state index in [4.69, 9.17) is 0 Å².